The van der Waals surface area contributed by atoms with E-state index in [4.69, 9.17) is 91.9 Å². The predicted molar refractivity (Wildman–Crippen MR) is 62.2 cm³/mol. The molecule has 0 aromatic heterocycles. The molecule has 0 aliphatic rings. The third-order valence-electron chi connectivity index (χ3n) is 0. The SMILES string of the molecule is O=[N+]([O-])[O-].O=[N+]([O-])[O-].O=[N+]([O-])[O-].O=[N+]([O-])[O-].O=[N+]([O-])[O-].O=[N+]([O-])[O-].[Ce+6]. The Balaban J connectivity index is -0.0000000309. The molecular weight excluding hydrogens is 512 g/mol. The minimum absolute atomic E-state index is 0. The maximum atomic E-state index is 8.25. The van der Waals surface area contributed by atoms with Crippen LogP contribution in [-0.4, -0.2) is 30.5 Å². The van der Waals surface area contributed by atoms with Gasteiger partial charge in [-0.1, -0.05) is 0 Å². The van der Waals surface area contributed by atoms with Crippen LogP contribution in [0.25, 0.3) is 0 Å². The first-order valence-corrected chi connectivity index (χ1v) is 3.29. The van der Waals surface area contributed by atoms with Crippen LogP contribution in [0.1, 0.15) is 0 Å². The molecule has 0 spiro atoms. The van der Waals surface area contributed by atoms with Gasteiger partial charge in [-0.15, -0.1) is 0 Å². The van der Waals surface area contributed by atoms with Crippen LogP contribution in [-0.2, 0) is 0 Å². The van der Waals surface area contributed by atoms with Gasteiger partial charge in [0.1, 0.15) is 0 Å². The number of hydrogen-bond acceptors (Lipinski definition) is 18. The summed E-state index contributed by atoms with van der Waals surface area (Å²) in [5, 5.41) is 88.5. The Morgan fingerprint density at radius 2 is 0.280 bits per heavy atom. The molecular formula is CeN6O18. The molecule has 0 bridgehead atoms. The number of nitrogens with zero attached hydrogens (tertiary/aromatic N) is 6. The van der Waals surface area contributed by atoms with E-state index in [0.29, 0.717) is 0 Å². The third-order valence-corrected chi connectivity index (χ3v) is 0. The molecule has 0 rings (SSSR count). The van der Waals surface area contributed by atoms with Gasteiger partial charge >= 0.3 is 41.7 Å². The summed E-state index contributed by atoms with van der Waals surface area (Å²) < 4.78 is 0. The van der Waals surface area contributed by atoms with Crippen LogP contribution in [0.4, 0.5) is 0 Å². The molecule has 0 aromatic carbocycles. The van der Waals surface area contributed by atoms with Crippen LogP contribution in [0.5, 0.6) is 0 Å². The molecule has 25 heavy (non-hydrogen) atoms. The van der Waals surface area contributed by atoms with Gasteiger partial charge in [0, 0.05) is 0 Å². The van der Waals surface area contributed by atoms with Gasteiger partial charge in [0.05, 0.1) is 30.5 Å². The van der Waals surface area contributed by atoms with Crippen molar-refractivity contribution in [2.45, 2.75) is 0 Å². The Morgan fingerprint density at radius 3 is 0.280 bits per heavy atom. The zero-order chi connectivity index (χ0) is 21.5. The summed E-state index contributed by atoms with van der Waals surface area (Å²) >= 11 is 0. The van der Waals surface area contributed by atoms with E-state index < -0.39 is 30.5 Å². The summed E-state index contributed by atoms with van der Waals surface area (Å²) in [4.78, 5) is 49.5. The summed E-state index contributed by atoms with van der Waals surface area (Å²) in [6.07, 6.45) is 0. The maximum Gasteiger partial charge on any atom is 6.00 e. The van der Waals surface area contributed by atoms with Gasteiger partial charge in [0.15, 0.2) is 0 Å². The number of hydrogen-bond donors (Lipinski definition) is 0. The average Bonchev–Trinajstić information content (AvgIpc) is 2.08. The zero-order valence-corrected chi connectivity index (χ0v) is 13.7. The van der Waals surface area contributed by atoms with Crippen LogP contribution < -0.4 is 0 Å². The van der Waals surface area contributed by atoms with Crippen molar-refractivity contribution in [3.63, 3.8) is 0 Å². The molecule has 0 saturated carbocycles. The van der Waals surface area contributed by atoms with Crippen LogP contribution in [0, 0.1) is 134 Å². The summed E-state index contributed by atoms with van der Waals surface area (Å²) in [5.41, 5.74) is 0. The molecule has 0 N–H and O–H groups in total. The second kappa shape index (κ2) is 37.1. The summed E-state index contributed by atoms with van der Waals surface area (Å²) in [5.74, 6) is 0. The van der Waals surface area contributed by atoms with E-state index in [2.05, 4.69) is 0 Å². The van der Waals surface area contributed by atoms with Gasteiger partial charge in [-0.3, -0.25) is 0 Å². The van der Waals surface area contributed by atoms with Crippen molar-refractivity contribution in [3.8, 4) is 0 Å². The molecule has 0 radical (unpaired) electrons. The van der Waals surface area contributed by atoms with Gasteiger partial charge < -0.3 is 91.9 Å². The van der Waals surface area contributed by atoms with Crippen LogP contribution in [0.3, 0.4) is 0 Å². The molecule has 0 amide bonds. The molecule has 0 heterocycles. The van der Waals surface area contributed by atoms with E-state index in [1.54, 1.807) is 0 Å². The van der Waals surface area contributed by atoms with Crippen LogP contribution in [0.15, 0.2) is 0 Å². The van der Waals surface area contributed by atoms with E-state index in [0.717, 1.165) is 0 Å². The first-order chi connectivity index (χ1) is 10.4. The maximum absolute atomic E-state index is 8.25. The molecule has 0 unspecified atom stereocenters. The molecule has 0 aromatic rings. The van der Waals surface area contributed by atoms with Crippen molar-refractivity contribution in [1.82, 2.24) is 0 Å². The molecule has 0 saturated heterocycles. The zero-order valence-electron chi connectivity index (χ0n) is 10.5. The second-order valence-electron chi connectivity index (χ2n) is 1.34. The minimum atomic E-state index is -1.75. The van der Waals surface area contributed by atoms with E-state index >= 15 is 0 Å². The summed E-state index contributed by atoms with van der Waals surface area (Å²) in [6, 6.07) is 0. The summed E-state index contributed by atoms with van der Waals surface area (Å²) in [6.45, 7) is 0. The van der Waals surface area contributed by atoms with Gasteiger partial charge in [-0.25, -0.2) is 0 Å². The predicted octanol–water partition coefficient (Wildman–Crippen LogP) is -1.43. The first kappa shape index (κ1) is 43.0. The van der Waals surface area contributed by atoms with Crippen molar-refractivity contribution < 1.29 is 72.3 Å². The Hall–Kier alpha value is -3.42. The molecule has 0 aliphatic heterocycles. The Kier molecular flexibility index (Phi) is 63.8. The fourth-order valence-electron chi connectivity index (χ4n) is 0. The smallest absolute Gasteiger partial charge is 0.356 e. The average molecular weight is 512 g/mol. The number of rotatable bonds is 0. The van der Waals surface area contributed by atoms with Gasteiger partial charge in [-0.05, 0) is 0 Å². The molecule has 142 valence electrons. The van der Waals surface area contributed by atoms with Gasteiger partial charge in [-0.2, -0.15) is 0 Å². The minimum Gasteiger partial charge on any atom is -0.356 e. The topological polar surface area (TPSA) is 397 Å². The Labute approximate surface area is 164 Å². The molecule has 25 heteroatoms. The fraction of sp³-hybridized carbons (Fsp3) is 0. The van der Waals surface area contributed by atoms with E-state index in [9.17, 15) is 0 Å². The van der Waals surface area contributed by atoms with Gasteiger partial charge in [0.25, 0.3) is 0 Å². The molecule has 24 nitrogen and oxygen atoms in total. The quantitative estimate of drug-likeness (QED) is 0.265. The van der Waals surface area contributed by atoms with Crippen LogP contribution >= 0.6 is 0 Å². The van der Waals surface area contributed by atoms with Gasteiger partial charge in [0.2, 0.25) is 0 Å². The van der Waals surface area contributed by atoms with Crippen molar-refractivity contribution in [3.05, 3.63) is 91.9 Å². The molecule has 0 fully saturated rings. The standard InChI is InChI=1S/Ce.6NO3/c;6*2-1(3)4/q+6;6*-1. The van der Waals surface area contributed by atoms with Crippen molar-refractivity contribution >= 4 is 0 Å². The first-order valence-electron chi connectivity index (χ1n) is 3.29. The normalized spacial score (nSPS) is 5.76. The third kappa shape index (κ3) is 606. The van der Waals surface area contributed by atoms with E-state index in [1.165, 1.54) is 0 Å². The molecule has 0 atom stereocenters. The molecule has 0 aliphatic carbocycles. The largest absolute Gasteiger partial charge is 6.00 e. The van der Waals surface area contributed by atoms with Crippen molar-refractivity contribution in [2.24, 2.45) is 0 Å². The van der Waals surface area contributed by atoms with E-state index in [-0.39, 0.29) is 41.7 Å². The summed E-state index contributed by atoms with van der Waals surface area (Å²) in [7, 11) is 0. The van der Waals surface area contributed by atoms with E-state index in [1.807, 2.05) is 0 Å². The van der Waals surface area contributed by atoms with Crippen molar-refractivity contribution in [2.75, 3.05) is 0 Å². The monoisotopic (exact) mass is 512 g/mol. The van der Waals surface area contributed by atoms with Crippen LogP contribution in [0.2, 0.25) is 0 Å². The van der Waals surface area contributed by atoms with Crippen molar-refractivity contribution in [1.29, 1.82) is 0 Å². The fourth-order valence-corrected chi connectivity index (χ4v) is 0. The Bertz CT molecular complexity index is 257. The second-order valence-corrected chi connectivity index (χ2v) is 1.34. The Morgan fingerprint density at radius 1 is 0.280 bits per heavy atom.